The molecule has 1 atom stereocenters. The number of hydrogen-bond acceptors (Lipinski definition) is 4. The van der Waals surface area contributed by atoms with Gasteiger partial charge in [0.25, 0.3) is 7.72 Å². The van der Waals surface area contributed by atoms with Gasteiger partial charge in [-0.25, -0.2) is 9.79 Å². The maximum Gasteiger partial charge on any atom is 0.296 e. The summed E-state index contributed by atoms with van der Waals surface area (Å²) in [5, 5.41) is 11.1. The fourth-order valence-electron chi connectivity index (χ4n) is 1.96. The van der Waals surface area contributed by atoms with Gasteiger partial charge in [-0.15, -0.1) is 0 Å². The third-order valence-electron chi connectivity index (χ3n) is 3.14. The average Bonchev–Trinajstić information content (AvgIpc) is 3.12. The van der Waals surface area contributed by atoms with Crippen molar-refractivity contribution in [2.24, 2.45) is 5.73 Å². The number of allylic oxidation sites excluding steroid dienone is 1. The summed E-state index contributed by atoms with van der Waals surface area (Å²) in [4.78, 5) is 20.1. The Morgan fingerprint density at radius 3 is 2.32 bits per heavy atom. The highest BCUT2D eigenvalue weighted by Gasteiger charge is 2.44. The molecule has 0 amide bonds. The number of aliphatic hydroxyl groups is 1. The van der Waals surface area contributed by atoms with E-state index in [2.05, 4.69) is 0 Å². The summed E-state index contributed by atoms with van der Waals surface area (Å²) in [5.74, 6) is 1.50. The normalized spacial score (nSPS) is 18.1. The fourth-order valence-corrected chi connectivity index (χ4v) is 4.10. The number of halogens is 1. The van der Waals surface area contributed by atoms with E-state index in [9.17, 15) is 14.9 Å². The second-order valence-corrected chi connectivity index (χ2v) is 7.56. The second-order valence-electron chi connectivity index (χ2n) is 4.97. The first-order chi connectivity index (χ1) is 8.85. The van der Waals surface area contributed by atoms with Crippen LogP contribution in [0.4, 0.5) is 0 Å². The zero-order valence-corrected chi connectivity index (χ0v) is 12.1. The molecule has 0 aromatic heterocycles. The van der Waals surface area contributed by atoms with E-state index in [0.717, 1.165) is 18.4 Å². The highest BCUT2D eigenvalue weighted by molar-refractivity contribution is 7.67. The van der Waals surface area contributed by atoms with Gasteiger partial charge in [-0.3, -0.25) is 0 Å². The molecule has 1 aliphatic carbocycles. The Bertz CT molecular complexity index is 483. The number of hydrogen-bond donors (Lipinski definition) is 4. The minimum absolute atomic E-state index is 0.0827. The Hall–Kier alpha value is -0.480. The molecule has 0 saturated heterocycles. The van der Waals surface area contributed by atoms with Crippen molar-refractivity contribution in [3.05, 3.63) is 46.2 Å². The molecule has 1 unspecified atom stereocenters. The van der Waals surface area contributed by atoms with Crippen LogP contribution in [-0.2, 0) is 5.60 Å². The monoisotopic (exact) mass is 302 g/mol. The highest BCUT2D eigenvalue weighted by Crippen LogP contribution is 2.58. The zero-order chi connectivity index (χ0) is 14.1. The van der Waals surface area contributed by atoms with Gasteiger partial charge in [-0.1, -0.05) is 23.7 Å². The zero-order valence-electron chi connectivity index (χ0n) is 10.5. The van der Waals surface area contributed by atoms with Gasteiger partial charge in [-0.05, 0) is 36.1 Å². The Balaban J connectivity index is 2.21. The number of benzene rings is 1. The smallest absolute Gasteiger partial charge is 0.296 e. The van der Waals surface area contributed by atoms with Gasteiger partial charge in [-0.2, -0.15) is 0 Å². The van der Waals surface area contributed by atoms with Crippen LogP contribution in [0.5, 0.6) is 0 Å². The van der Waals surface area contributed by atoms with Crippen LogP contribution in [0.3, 0.4) is 0 Å². The van der Waals surface area contributed by atoms with Crippen molar-refractivity contribution >= 4 is 19.3 Å². The first-order valence-electron chi connectivity index (χ1n) is 6.07. The third kappa shape index (κ3) is 3.99. The van der Waals surface area contributed by atoms with Crippen LogP contribution in [0.1, 0.15) is 18.4 Å². The van der Waals surface area contributed by atoms with Crippen LogP contribution in [0.25, 0.3) is 0 Å². The molecule has 1 aliphatic rings. The minimum atomic E-state index is -3.28. The average molecular weight is 303 g/mol. The topological polar surface area (TPSA) is 86.7 Å². The molecule has 0 heterocycles. The minimum Gasteiger partial charge on any atom is -0.380 e. The van der Waals surface area contributed by atoms with E-state index in [1.54, 1.807) is 24.3 Å². The van der Waals surface area contributed by atoms with Gasteiger partial charge in [0.1, 0.15) is 11.4 Å². The van der Waals surface area contributed by atoms with Crippen LogP contribution in [0.2, 0.25) is 5.02 Å². The molecular weight excluding hydrogens is 285 g/mol. The molecule has 6 heteroatoms. The molecule has 5 N–H and O–H groups in total. The molecule has 0 aliphatic heterocycles. The standard InChI is InChI=1S/C13H18ClNO3P/c14-12-5-3-11(4-6-12)13(16,8-15)9-19(17,18)7-10-1-2-10/h3-7,16-18H,1-2,8-9,15H2/q+1. The highest BCUT2D eigenvalue weighted by atomic mass is 35.5. The van der Waals surface area contributed by atoms with Crippen molar-refractivity contribution in [1.82, 2.24) is 0 Å². The lowest BCUT2D eigenvalue weighted by molar-refractivity contribution is 0.0667. The summed E-state index contributed by atoms with van der Waals surface area (Å²) < 4.78 is 0. The molecule has 104 valence electrons. The molecule has 1 saturated carbocycles. The van der Waals surface area contributed by atoms with Gasteiger partial charge < -0.3 is 10.8 Å². The Morgan fingerprint density at radius 2 is 1.84 bits per heavy atom. The fraction of sp³-hybridized carbons (Fsp3) is 0.385. The van der Waals surface area contributed by atoms with Crippen LogP contribution in [0.15, 0.2) is 35.7 Å². The predicted molar refractivity (Wildman–Crippen MR) is 77.9 cm³/mol. The molecule has 0 radical (unpaired) electrons. The number of rotatable bonds is 5. The van der Waals surface area contributed by atoms with Crippen LogP contribution < -0.4 is 5.73 Å². The van der Waals surface area contributed by atoms with E-state index in [1.807, 2.05) is 0 Å². The summed E-state index contributed by atoms with van der Waals surface area (Å²) >= 11 is 5.80. The third-order valence-corrected chi connectivity index (χ3v) is 5.16. The molecule has 1 aromatic carbocycles. The first kappa shape index (κ1) is 14.9. The Morgan fingerprint density at radius 1 is 1.26 bits per heavy atom. The van der Waals surface area contributed by atoms with E-state index < -0.39 is 13.3 Å². The van der Waals surface area contributed by atoms with Crippen LogP contribution in [-0.4, -0.2) is 27.6 Å². The van der Waals surface area contributed by atoms with E-state index >= 15 is 0 Å². The van der Waals surface area contributed by atoms with Gasteiger partial charge in [0, 0.05) is 11.6 Å². The van der Waals surface area contributed by atoms with Crippen molar-refractivity contribution in [2.45, 2.75) is 18.4 Å². The molecular formula is C13H18ClNO3P+. The van der Waals surface area contributed by atoms with Crippen molar-refractivity contribution < 1.29 is 14.9 Å². The van der Waals surface area contributed by atoms with Gasteiger partial charge in [0.15, 0.2) is 6.16 Å². The lowest BCUT2D eigenvalue weighted by atomic mass is 9.96. The van der Waals surface area contributed by atoms with E-state index in [-0.39, 0.29) is 12.7 Å². The molecule has 0 bridgehead atoms. The van der Waals surface area contributed by atoms with Crippen molar-refractivity contribution in [1.29, 1.82) is 0 Å². The summed E-state index contributed by atoms with van der Waals surface area (Å²) in [5.41, 5.74) is 5.75. The predicted octanol–water partition coefficient (Wildman–Crippen LogP) is 2.00. The van der Waals surface area contributed by atoms with Crippen molar-refractivity contribution in [3.63, 3.8) is 0 Å². The van der Waals surface area contributed by atoms with E-state index in [4.69, 9.17) is 17.3 Å². The van der Waals surface area contributed by atoms with Crippen LogP contribution >= 0.6 is 19.3 Å². The summed E-state index contributed by atoms with van der Waals surface area (Å²) in [6, 6.07) is 6.59. The van der Waals surface area contributed by atoms with E-state index in [1.165, 1.54) is 5.82 Å². The van der Waals surface area contributed by atoms with Gasteiger partial charge in [0.2, 0.25) is 0 Å². The molecule has 1 aromatic rings. The first-order valence-corrected chi connectivity index (χ1v) is 8.40. The molecule has 0 spiro atoms. The van der Waals surface area contributed by atoms with Gasteiger partial charge in [0.05, 0.1) is 0 Å². The second kappa shape index (κ2) is 5.49. The van der Waals surface area contributed by atoms with Crippen molar-refractivity contribution in [3.8, 4) is 0 Å². The number of nitrogens with two attached hydrogens (primary N) is 1. The molecule has 19 heavy (non-hydrogen) atoms. The maximum atomic E-state index is 10.6. The largest absolute Gasteiger partial charge is 0.380 e. The Labute approximate surface area is 118 Å². The Kier molecular flexibility index (Phi) is 4.31. The molecule has 1 fully saturated rings. The summed E-state index contributed by atoms with van der Waals surface area (Å²) in [6.07, 6.45) is 1.65. The lowest BCUT2D eigenvalue weighted by Gasteiger charge is -2.27. The summed E-state index contributed by atoms with van der Waals surface area (Å²) in [7, 11) is -3.28. The molecule has 2 rings (SSSR count). The maximum absolute atomic E-state index is 10.6. The SMILES string of the molecule is NCC(O)(C[P+](O)(O)C=C1CC1)c1ccc(Cl)cc1. The quantitative estimate of drug-likeness (QED) is 0.627. The molecule has 4 nitrogen and oxygen atoms in total. The van der Waals surface area contributed by atoms with Crippen molar-refractivity contribution in [2.75, 3.05) is 12.7 Å². The summed E-state index contributed by atoms with van der Waals surface area (Å²) in [6.45, 7) is -0.0827. The lowest BCUT2D eigenvalue weighted by Crippen LogP contribution is -2.39. The van der Waals surface area contributed by atoms with Crippen LogP contribution in [0, 0.1) is 0 Å². The van der Waals surface area contributed by atoms with E-state index in [0.29, 0.717) is 10.6 Å². The van der Waals surface area contributed by atoms with Gasteiger partial charge >= 0.3 is 0 Å².